The molecular formula is C22H21Cl3N2O4. The van der Waals surface area contributed by atoms with Gasteiger partial charge in [-0.05, 0) is 54.9 Å². The predicted molar refractivity (Wildman–Crippen MR) is 121 cm³/mol. The Morgan fingerprint density at radius 2 is 1.68 bits per heavy atom. The van der Waals surface area contributed by atoms with E-state index in [0.717, 1.165) is 0 Å². The van der Waals surface area contributed by atoms with Crippen molar-refractivity contribution < 1.29 is 19.8 Å². The quantitative estimate of drug-likeness (QED) is 0.228. The standard InChI is InChI=1S/C22H21Cl3N2O4/c23-14-4-2-13(3-5-14)20(29)18-19(16-7-6-15(24)12-17(16)25)27(22(31)21(18)30)10-1-8-26-9-11-28/h2-7,12,19,26,28-29H,1,8-11H2/t19-/m0/s1. The van der Waals surface area contributed by atoms with Crippen molar-refractivity contribution in [2.45, 2.75) is 12.5 Å². The van der Waals surface area contributed by atoms with Crippen molar-refractivity contribution in [3.05, 3.63) is 74.2 Å². The van der Waals surface area contributed by atoms with Crippen LogP contribution in [0.4, 0.5) is 0 Å². The topological polar surface area (TPSA) is 89.9 Å². The minimum absolute atomic E-state index is 0.00594. The Balaban J connectivity index is 2.05. The van der Waals surface area contributed by atoms with E-state index in [1.54, 1.807) is 36.4 Å². The monoisotopic (exact) mass is 482 g/mol. The molecule has 0 aromatic heterocycles. The number of Topliss-reactive ketones (excluding diaryl/α,β-unsaturated/α-hetero) is 1. The fraction of sp³-hybridized carbons (Fsp3) is 0.273. The highest BCUT2D eigenvalue weighted by Gasteiger charge is 2.46. The number of nitrogens with zero attached hydrogens (tertiary/aromatic N) is 1. The SMILES string of the molecule is O=C1C(=O)N(CCCNCCO)[C@@H](c2ccc(Cl)cc2Cl)C1=C(O)c1ccc(Cl)cc1. The smallest absolute Gasteiger partial charge is 0.295 e. The molecule has 6 nitrogen and oxygen atoms in total. The molecule has 1 saturated heterocycles. The highest BCUT2D eigenvalue weighted by atomic mass is 35.5. The summed E-state index contributed by atoms with van der Waals surface area (Å²) in [5.74, 6) is -1.80. The number of carbonyl (C=O) groups excluding carboxylic acids is 2. The minimum atomic E-state index is -0.863. The highest BCUT2D eigenvalue weighted by molar-refractivity contribution is 6.47. The second kappa shape index (κ2) is 10.5. The van der Waals surface area contributed by atoms with Crippen LogP contribution in [0, 0.1) is 0 Å². The summed E-state index contributed by atoms with van der Waals surface area (Å²) in [6, 6.07) is 10.3. The maximum Gasteiger partial charge on any atom is 0.295 e. The Morgan fingerprint density at radius 3 is 2.32 bits per heavy atom. The maximum absolute atomic E-state index is 12.9. The molecule has 0 aliphatic carbocycles. The van der Waals surface area contributed by atoms with E-state index in [1.165, 1.54) is 11.0 Å². The number of carbonyl (C=O) groups is 2. The van der Waals surface area contributed by atoms with Crippen LogP contribution in [0.15, 0.2) is 48.0 Å². The molecule has 1 atom stereocenters. The molecule has 2 aromatic rings. The van der Waals surface area contributed by atoms with Crippen molar-refractivity contribution in [1.82, 2.24) is 10.2 Å². The van der Waals surface area contributed by atoms with E-state index in [-0.39, 0.29) is 29.5 Å². The van der Waals surface area contributed by atoms with E-state index in [4.69, 9.17) is 39.9 Å². The minimum Gasteiger partial charge on any atom is -0.507 e. The van der Waals surface area contributed by atoms with Crippen molar-refractivity contribution in [2.24, 2.45) is 0 Å². The largest absolute Gasteiger partial charge is 0.507 e. The third kappa shape index (κ3) is 5.22. The molecule has 1 fully saturated rings. The third-order valence-corrected chi connectivity index (χ3v) is 5.77. The highest BCUT2D eigenvalue weighted by Crippen LogP contribution is 2.42. The summed E-state index contributed by atoms with van der Waals surface area (Å²) < 4.78 is 0. The molecule has 3 N–H and O–H groups in total. The van der Waals surface area contributed by atoms with E-state index < -0.39 is 17.7 Å². The Labute approximate surface area is 195 Å². The van der Waals surface area contributed by atoms with Crippen LogP contribution in [-0.2, 0) is 9.59 Å². The first-order chi connectivity index (χ1) is 14.8. The van der Waals surface area contributed by atoms with Crippen LogP contribution in [0.1, 0.15) is 23.6 Å². The van der Waals surface area contributed by atoms with Gasteiger partial charge in [0.2, 0.25) is 0 Å². The lowest BCUT2D eigenvalue weighted by Crippen LogP contribution is -2.33. The van der Waals surface area contributed by atoms with Gasteiger partial charge in [-0.1, -0.05) is 40.9 Å². The van der Waals surface area contributed by atoms with E-state index in [2.05, 4.69) is 5.32 Å². The molecule has 3 rings (SSSR count). The molecule has 1 aliphatic rings. The molecule has 0 bridgehead atoms. The van der Waals surface area contributed by atoms with Crippen LogP contribution in [0.5, 0.6) is 0 Å². The zero-order valence-corrected chi connectivity index (χ0v) is 18.7. The number of rotatable bonds is 8. The molecule has 0 unspecified atom stereocenters. The van der Waals surface area contributed by atoms with Crippen molar-refractivity contribution in [1.29, 1.82) is 0 Å². The molecule has 2 aromatic carbocycles. The van der Waals surface area contributed by atoms with E-state index in [0.29, 0.717) is 40.7 Å². The predicted octanol–water partition coefficient (Wildman–Crippen LogP) is 4.04. The van der Waals surface area contributed by atoms with Gasteiger partial charge in [-0.2, -0.15) is 0 Å². The summed E-state index contributed by atoms with van der Waals surface area (Å²) in [6.07, 6.45) is 0.537. The molecule has 164 valence electrons. The van der Waals surface area contributed by atoms with Gasteiger partial charge in [0, 0.05) is 33.7 Å². The van der Waals surface area contributed by atoms with Gasteiger partial charge >= 0.3 is 0 Å². The Bertz CT molecular complexity index is 1010. The lowest BCUT2D eigenvalue weighted by molar-refractivity contribution is -0.139. The number of amides is 1. The van der Waals surface area contributed by atoms with Crippen LogP contribution >= 0.6 is 34.8 Å². The lowest BCUT2D eigenvalue weighted by atomic mass is 9.95. The molecule has 1 aliphatic heterocycles. The van der Waals surface area contributed by atoms with Gasteiger partial charge in [0.15, 0.2) is 0 Å². The van der Waals surface area contributed by atoms with Crippen LogP contribution in [-0.4, -0.2) is 53.0 Å². The van der Waals surface area contributed by atoms with Crippen LogP contribution in [0.3, 0.4) is 0 Å². The first-order valence-electron chi connectivity index (χ1n) is 9.66. The van der Waals surface area contributed by atoms with Gasteiger partial charge in [-0.15, -0.1) is 0 Å². The third-order valence-electron chi connectivity index (χ3n) is 4.96. The van der Waals surface area contributed by atoms with Gasteiger partial charge in [-0.3, -0.25) is 9.59 Å². The summed E-state index contributed by atoms with van der Waals surface area (Å²) in [6.45, 7) is 1.24. The summed E-state index contributed by atoms with van der Waals surface area (Å²) >= 11 is 18.4. The maximum atomic E-state index is 12.9. The Hall–Kier alpha value is -2.09. The molecule has 1 heterocycles. The van der Waals surface area contributed by atoms with Crippen molar-refractivity contribution in [3.63, 3.8) is 0 Å². The summed E-state index contributed by atoms with van der Waals surface area (Å²) in [4.78, 5) is 27.2. The molecule has 0 saturated carbocycles. The van der Waals surface area contributed by atoms with Crippen LogP contribution in [0.25, 0.3) is 5.76 Å². The molecule has 0 spiro atoms. The Morgan fingerprint density at radius 1 is 1.00 bits per heavy atom. The normalized spacial score (nSPS) is 18.1. The van der Waals surface area contributed by atoms with Crippen LogP contribution in [0.2, 0.25) is 15.1 Å². The molecule has 1 amide bonds. The van der Waals surface area contributed by atoms with Gasteiger partial charge in [-0.25, -0.2) is 0 Å². The van der Waals surface area contributed by atoms with Gasteiger partial charge in [0.25, 0.3) is 11.7 Å². The second-order valence-electron chi connectivity index (χ2n) is 6.99. The number of hydrogen-bond donors (Lipinski definition) is 3. The van der Waals surface area contributed by atoms with Crippen molar-refractivity contribution in [3.8, 4) is 0 Å². The van der Waals surface area contributed by atoms with Crippen molar-refractivity contribution in [2.75, 3.05) is 26.2 Å². The van der Waals surface area contributed by atoms with Gasteiger partial charge in [0.1, 0.15) is 5.76 Å². The van der Waals surface area contributed by atoms with E-state index in [9.17, 15) is 14.7 Å². The molecule has 0 radical (unpaired) electrons. The number of likely N-dealkylation sites (tertiary alicyclic amines) is 1. The zero-order chi connectivity index (χ0) is 22.5. The lowest BCUT2D eigenvalue weighted by Gasteiger charge is -2.26. The second-order valence-corrected chi connectivity index (χ2v) is 8.27. The first kappa shape index (κ1) is 23.6. The summed E-state index contributed by atoms with van der Waals surface area (Å²) in [5.41, 5.74) is 0.811. The molecule has 9 heteroatoms. The zero-order valence-electron chi connectivity index (χ0n) is 16.4. The molecular weight excluding hydrogens is 463 g/mol. The fourth-order valence-electron chi connectivity index (χ4n) is 3.50. The number of ketones is 1. The number of benzene rings is 2. The molecule has 31 heavy (non-hydrogen) atoms. The van der Waals surface area contributed by atoms with Crippen molar-refractivity contribution >= 4 is 52.3 Å². The number of hydrogen-bond acceptors (Lipinski definition) is 5. The number of nitrogens with one attached hydrogen (secondary N) is 1. The number of halogens is 3. The number of aliphatic hydroxyl groups is 2. The first-order valence-corrected chi connectivity index (χ1v) is 10.8. The number of aliphatic hydroxyl groups excluding tert-OH is 2. The Kier molecular flexibility index (Phi) is 7.97. The summed E-state index contributed by atoms with van der Waals surface area (Å²) in [7, 11) is 0. The van der Waals surface area contributed by atoms with Crippen LogP contribution < -0.4 is 5.32 Å². The van der Waals surface area contributed by atoms with E-state index >= 15 is 0 Å². The van der Waals surface area contributed by atoms with Gasteiger partial charge < -0.3 is 20.4 Å². The summed E-state index contributed by atoms with van der Waals surface area (Å²) in [5, 5.41) is 24.0. The average Bonchev–Trinajstić information content (AvgIpc) is 2.98. The van der Waals surface area contributed by atoms with Gasteiger partial charge in [0.05, 0.1) is 18.2 Å². The fourth-order valence-corrected chi connectivity index (χ4v) is 4.14. The average molecular weight is 484 g/mol. The van der Waals surface area contributed by atoms with E-state index in [1.807, 2.05) is 0 Å².